The van der Waals surface area contributed by atoms with Crippen LogP contribution in [0.15, 0.2) is 12.3 Å². The molecule has 0 spiro atoms. The molecule has 1 aliphatic carbocycles. The topological polar surface area (TPSA) is 50.9 Å². The van der Waals surface area contributed by atoms with Gasteiger partial charge >= 0.3 is 0 Å². The highest BCUT2D eigenvalue weighted by atomic mass is 35.5. The summed E-state index contributed by atoms with van der Waals surface area (Å²) in [7, 11) is 0. The largest absolute Gasteiger partial charge is 0.391 e. The summed E-state index contributed by atoms with van der Waals surface area (Å²) in [4.78, 5) is 8.13. The van der Waals surface area contributed by atoms with Gasteiger partial charge in [-0.15, -0.1) is 6.42 Å². The lowest BCUT2D eigenvalue weighted by Crippen LogP contribution is -2.24. The van der Waals surface area contributed by atoms with Crippen LogP contribution in [0.3, 0.4) is 0 Å². The van der Waals surface area contributed by atoms with Crippen molar-refractivity contribution in [3.63, 3.8) is 0 Å². The van der Waals surface area contributed by atoms with E-state index in [2.05, 4.69) is 22.8 Å². The van der Waals surface area contributed by atoms with Gasteiger partial charge in [0.2, 0.25) is 5.28 Å². The van der Waals surface area contributed by atoms with Crippen LogP contribution in [0.2, 0.25) is 10.4 Å². The molecule has 2 aromatic rings. The number of hydrogen-bond acceptors (Lipinski definition) is 3. The Kier molecular flexibility index (Phi) is 3.17. The average Bonchev–Trinajstić information content (AvgIpc) is 2.92. The predicted octanol–water partition coefficient (Wildman–Crippen LogP) is 2.89. The van der Waals surface area contributed by atoms with Gasteiger partial charge in [-0.2, -0.15) is 4.98 Å². The molecule has 1 N–H and O–H groups in total. The quantitative estimate of drug-likeness (QED) is 0.501. The van der Waals surface area contributed by atoms with E-state index in [4.69, 9.17) is 29.6 Å². The lowest BCUT2D eigenvalue weighted by molar-refractivity contribution is 0.119. The van der Waals surface area contributed by atoms with Crippen LogP contribution in [0, 0.1) is 24.7 Å². The van der Waals surface area contributed by atoms with Crippen molar-refractivity contribution in [2.75, 3.05) is 0 Å². The average molecular weight is 309 g/mol. The summed E-state index contributed by atoms with van der Waals surface area (Å²) in [6.45, 7) is 3.96. The molecule has 0 amide bonds. The molecule has 1 saturated carbocycles. The first-order chi connectivity index (χ1) is 9.44. The van der Waals surface area contributed by atoms with E-state index in [-0.39, 0.29) is 11.3 Å². The molecule has 20 heavy (non-hydrogen) atoms. The maximum absolute atomic E-state index is 10.1. The van der Waals surface area contributed by atoms with E-state index in [1.54, 1.807) is 0 Å². The smallest absolute Gasteiger partial charge is 0.225 e. The van der Waals surface area contributed by atoms with E-state index < -0.39 is 11.5 Å². The van der Waals surface area contributed by atoms with E-state index in [0.29, 0.717) is 23.6 Å². The van der Waals surface area contributed by atoms with Gasteiger partial charge in [-0.05, 0) is 37.4 Å². The summed E-state index contributed by atoms with van der Waals surface area (Å²) in [5.74, 6) is 2.59. The Morgan fingerprint density at radius 3 is 2.90 bits per heavy atom. The van der Waals surface area contributed by atoms with Gasteiger partial charge in [0.25, 0.3) is 0 Å². The lowest BCUT2D eigenvalue weighted by atomic mass is 9.88. The number of aliphatic hydroxyl groups is 1. The third-order valence-corrected chi connectivity index (χ3v) is 4.37. The number of nitrogens with zero attached hydrogens (tertiary/aromatic N) is 3. The molecule has 1 radical (unpaired) electrons. The zero-order valence-electron chi connectivity index (χ0n) is 10.6. The normalized spacial score (nSPS) is 29.8. The fourth-order valence-electron chi connectivity index (χ4n) is 2.76. The second-order valence-electron chi connectivity index (χ2n) is 5.15. The molecule has 2 heterocycles. The minimum absolute atomic E-state index is 0.0121. The van der Waals surface area contributed by atoms with Gasteiger partial charge in [-0.1, -0.05) is 17.5 Å². The lowest BCUT2D eigenvalue weighted by Gasteiger charge is -2.20. The van der Waals surface area contributed by atoms with Crippen LogP contribution >= 0.6 is 23.2 Å². The van der Waals surface area contributed by atoms with Gasteiger partial charge < -0.3 is 9.67 Å². The Labute approximate surface area is 126 Å². The van der Waals surface area contributed by atoms with Gasteiger partial charge in [0.15, 0.2) is 0 Å². The minimum atomic E-state index is -0.762. The number of fused-ring (bicyclic) bond motifs is 1. The Morgan fingerprint density at radius 2 is 2.25 bits per heavy atom. The number of hydrogen-bond donors (Lipinski definition) is 1. The highest BCUT2D eigenvalue weighted by Gasteiger charge is 2.43. The van der Waals surface area contributed by atoms with E-state index in [1.165, 1.54) is 0 Å². The van der Waals surface area contributed by atoms with Crippen molar-refractivity contribution in [2.24, 2.45) is 5.41 Å². The Bertz CT molecular complexity index is 721. The number of rotatable bonds is 1. The molecular weight excluding hydrogens is 297 g/mol. The molecular formula is C14H12Cl2N3O. The van der Waals surface area contributed by atoms with Crippen LogP contribution in [0.5, 0.6) is 0 Å². The first kappa shape index (κ1) is 13.7. The van der Waals surface area contributed by atoms with Crippen LogP contribution in [0.1, 0.15) is 18.9 Å². The van der Waals surface area contributed by atoms with Gasteiger partial charge in [-0.25, -0.2) is 4.98 Å². The third kappa shape index (κ3) is 1.98. The van der Waals surface area contributed by atoms with Gasteiger partial charge in [0.1, 0.15) is 10.8 Å². The summed E-state index contributed by atoms with van der Waals surface area (Å²) in [6, 6.07) is 1.84. The molecule has 103 valence electrons. The minimum Gasteiger partial charge on any atom is -0.391 e. The van der Waals surface area contributed by atoms with E-state index in [1.807, 2.05) is 16.8 Å². The van der Waals surface area contributed by atoms with Gasteiger partial charge in [0.05, 0.1) is 16.9 Å². The van der Waals surface area contributed by atoms with Gasteiger partial charge in [-0.3, -0.25) is 0 Å². The standard InChI is InChI=1S/C14H12Cl2N3O/c1-3-14(2)7-8(6-10(14)20)19-5-4-9-11(15)17-13(16)18-12(9)19/h1,4-5,8,10,20H,2,6-7H2/t8-,10-,14+/m1/s1. The zero-order valence-corrected chi connectivity index (χ0v) is 12.1. The monoisotopic (exact) mass is 308 g/mol. The molecule has 1 fully saturated rings. The first-order valence-electron chi connectivity index (χ1n) is 6.15. The fourth-order valence-corrected chi connectivity index (χ4v) is 3.19. The second-order valence-corrected chi connectivity index (χ2v) is 5.85. The second kappa shape index (κ2) is 4.63. The number of aliphatic hydroxyl groups excluding tert-OH is 1. The van der Waals surface area contributed by atoms with Crippen molar-refractivity contribution in [1.82, 2.24) is 14.5 Å². The van der Waals surface area contributed by atoms with E-state index >= 15 is 0 Å². The van der Waals surface area contributed by atoms with Crippen molar-refractivity contribution >= 4 is 34.2 Å². The van der Waals surface area contributed by atoms with Crippen LogP contribution in [-0.2, 0) is 0 Å². The first-order valence-corrected chi connectivity index (χ1v) is 6.91. The van der Waals surface area contributed by atoms with Crippen LogP contribution in [0.4, 0.5) is 0 Å². The van der Waals surface area contributed by atoms with E-state index in [0.717, 1.165) is 5.39 Å². The van der Waals surface area contributed by atoms with Crippen molar-refractivity contribution in [2.45, 2.75) is 25.0 Å². The Hall–Kier alpha value is -1.28. The molecule has 0 unspecified atom stereocenters. The van der Waals surface area contributed by atoms with Crippen molar-refractivity contribution < 1.29 is 5.11 Å². The SMILES string of the molecule is C#C[C@@]1([CH2])C[C@H](n2ccc3c(Cl)nc(Cl)nc32)C[C@H]1O. The molecule has 0 bridgehead atoms. The zero-order chi connectivity index (χ0) is 14.5. The maximum atomic E-state index is 10.1. The molecule has 4 nitrogen and oxygen atoms in total. The van der Waals surface area contributed by atoms with E-state index in [9.17, 15) is 5.11 Å². The molecule has 3 atom stereocenters. The molecule has 0 aliphatic heterocycles. The molecule has 3 rings (SSSR count). The fraction of sp³-hybridized carbons (Fsp3) is 0.357. The summed E-state index contributed by atoms with van der Waals surface area (Å²) >= 11 is 11.9. The molecule has 0 aromatic carbocycles. The van der Waals surface area contributed by atoms with Crippen LogP contribution < -0.4 is 0 Å². The number of halogens is 2. The summed E-state index contributed by atoms with van der Waals surface area (Å²) < 4.78 is 1.93. The molecule has 1 aliphatic rings. The predicted molar refractivity (Wildman–Crippen MR) is 78.4 cm³/mol. The maximum Gasteiger partial charge on any atom is 0.225 e. The van der Waals surface area contributed by atoms with Crippen molar-refractivity contribution in [3.8, 4) is 12.3 Å². The third-order valence-electron chi connectivity index (χ3n) is 3.91. The van der Waals surface area contributed by atoms with Crippen LogP contribution in [-0.4, -0.2) is 25.7 Å². The number of aromatic nitrogens is 3. The summed E-state index contributed by atoms with van der Waals surface area (Å²) in [5.41, 5.74) is -0.115. The van der Waals surface area contributed by atoms with Crippen LogP contribution in [0.25, 0.3) is 11.0 Å². The highest BCUT2D eigenvalue weighted by Crippen LogP contribution is 2.44. The molecule has 2 aromatic heterocycles. The number of terminal acetylenes is 1. The Morgan fingerprint density at radius 1 is 1.50 bits per heavy atom. The summed E-state index contributed by atoms with van der Waals surface area (Å²) in [5, 5.41) is 11.2. The highest BCUT2D eigenvalue weighted by molar-refractivity contribution is 6.35. The van der Waals surface area contributed by atoms with Crippen molar-refractivity contribution in [3.05, 3.63) is 29.6 Å². The van der Waals surface area contributed by atoms with Crippen molar-refractivity contribution in [1.29, 1.82) is 0 Å². The molecule has 6 heteroatoms. The molecule has 0 saturated heterocycles. The Balaban J connectivity index is 2.07. The summed E-state index contributed by atoms with van der Waals surface area (Å²) in [6.07, 6.45) is 7.81. The van der Waals surface area contributed by atoms with Gasteiger partial charge in [0, 0.05) is 12.2 Å².